The molecule has 0 bridgehead atoms. The van der Waals surface area contributed by atoms with Crippen LogP contribution in [-0.2, 0) is 19.4 Å². The van der Waals surface area contributed by atoms with E-state index in [2.05, 4.69) is 29.6 Å². The van der Waals surface area contributed by atoms with Crippen molar-refractivity contribution in [3.63, 3.8) is 0 Å². The minimum atomic E-state index is 0. The molecule has 0 radical (unpaired) electrons. The number of carbonyl (C=O) groups excluding carboxylic acids is 1. The van der Waals surface area contributed by atoms with Crippen LogP contribution in [0.1, 0.15) is 27.9 Å². The quantitative estimate of drug-likeness (QED) is 0.568. The minimum Gasteiger partial charge on any atom is -1.00 e. The molecule has 5 rings (SSSR count). The van der Waals surface area contributed by atoms with Gasteiger partial charge in [0.05, 0.1) is 17.6 Å². The van der Waals surface area contributed by atoms with Crippen LogP contribution in [0.15, 0.2) is 30.3 Å². The van der Waals surface area contributed by atoms with Crippen molar-refractivity contribution in [1.82, 2.24) is 4.57 Å². The maximum atomic E-state index is 12.5. The lowest BCUT2D eigenvalue weighted by Gasteiger charge is -2.21. The van der Waals surface area contributed by atoms with Gasteiger partial charge in [-0.05, 0) is 23.6 Å². The predicted molar refractivity (Wildman–Crippen MR) is 82.6 cm³/mol. The number of nitrogens with two attached hydrogens (primary N) is 1. The van der Waals surface area contributed by atoms with Crippen LogP contribution in [0.5, 0.6) is 0 Å². The zero-order valence-corrected chi connectivity index (χ0v) is 13.0. The summed E-state index contributed by atoms with van der Waals surface area (Å²) in [6.07, 6.45) is 2.67. The first kappa shape index (κ1) is 13.8. The van der Waals surface area contributed by atoms with Gasteiger partial charge in [-0.1, -0.05) is 24.3 Å². The molecule has 4 heteroatoms. The van der Waals surface area contributed by atoms with E-state index < -0.39 is 0 Å². The molecule has 0 saturated heterocycles. The van der Waals surface area contributed by atoms with Crippen molar-refractivity contribution in [3.8, 4) is 0 Å². The van der Waals surface area contributed by atoms with Crippen LogP contribution >= 0.6 is 0 Å². The Hall–Kier alpha value is -1.84. The van der Waals surface area contributed by atoms with E-state index in [4.69, 9.17) is 0 Å². The van der Waals surface area contributed by atoms with Crippen LogP contribution in [0.2, 0.25) is 0 Å². The average molecular weight is 313 g/mol. The monoisotopic (exact) mass is 312 g/mol. The summed E-state index contributed by atoms with van der Waals surface area (Å²) in [6.45, 7) is 2.21. The SMILES string of the molecule is O=C1CCc2cc3c(c4c5ccccc5n1c24)C[NH2+]CC3.[Cl-]. The van der Waals surface area contributed by atoms with Gasteiger partial charge in [0, 0.05) is 29.2 Å². The number of hydrogen-bond donors (Lipinski definition) is 1. The predicted octanol–water partition coefficient (Wildman–Crippen LogP) is -0.996. The summed E-state index contributed by atoms with van der Waals surface area (Å²) in [6, 6.07) is 10.7. The van der Waals surface area contributed by atoms with E-state index in [-0.39, 0.29) is 18.3 Å². The average Bonchev–Trinajstić information content (AvgIpc) is 2.88. The van der Waals surface area contributed by atoms with E-state index in [0.717, 1.165) is 24.9 Å². The number of aryl methyl sites for hydroxylation is 1. The maximum absolute atomic E-state index is 12.5. The van der Waals surface area contributed by atoms with E-state index >= 15 is 0 Å². The molecule has 3 nitrogen and oxygen atoms in total. The zero-order valence-electron chi connectivity index (χ0n) is 12.2. The van der Waals surface area contributed by atoms with Crippen molar-refractivity contribution in [1.29, 1.82) is 0 Å². The number of rotatable bonds is 0. The number of hydrogen-bond acceptors (Lipinski definition) is 1. The van der Waals surface area contributed by atoms with Gasteiger partial charge in [0.2, 0.25) is 5.91 Å². The summed E-state index contributed by atoms with van der Waals surface area (Å²) in [5, 5.41) is 4.96. The summed E-state index contributed by atoms with van der Waals surface area (Å²) in [4.78, 5) is 12.5. The number of aromatic nitrogens is 1. The molecule has 22 heavy (non-hydrogen) atoms. The van der Waals surface area contributed by atoms with E-state index in [1.807, 2.05) is 10.6 Å². The van der Waals surface area contributed by atoms with Crippen molar-refractivity contribution in [2.24, 2.45) is 0 Å². The van der Waals surface area contributed by atoms with Gasteiger partial charge in [-0.2, -0.15) is 0 Å². The second-order valence-electron chi connectivity index (χ2n) is 6.17. The first-order valence-corrected chi connectivity index (χ1v) is 7.76. The molecule has 0 atom stereocenters. The molecule has 2 aliphatic rings. The van der Waals surface area contributed by atoms with Crippen molar-refractivity contribution in [2.45, 2.75) is 25.8 Å². The van der Waals surface area contributed by atoms with Crippen LogP contribution in [0, 0.1) is 0 Å². The Morgan fingerprint density at radius 3 is 2.82 bits per heavy atom. The van der Waals surface area contributed by atoms with Crippen LogP contribution in [0.25, 0.3) is 21.8 Å². The van der Waals surface area contributed by atoms with E-state index in [9.17, 15) is 4.79 Å². The fourth-order valence-electron chi connectivity index (χ4n) is 4.14. The molecular formula is C18H17ClN2O. The number of nitrogens with zero attached hydrogens (tertiary/aromatic N) is 1. The number of fused-ring (bicyclic) bond motifs is 5. The summed E-state index contributed by atoms with van der Waals surface area (Å²) in [5.41, 5.74) is 6.57. The molecule has 0 fully saturated rings. The molecule has 2 aliphatic heterocycles. The Morgan fingerprint density at radius 2 is 1.91 bits per heavy atom. The molecule has 0 aliphatic carbocycles. The number of halogens is 1. The molecule has 112 valence electrons. The van der Waals surface area contributed by atoms with Gasteiger partial charge in [-0.15, -0.1) is 0 Å². The molecule has 2 N–H and O–H groups in total. The van der Waals surface area contributed by atoms with Gasteiger partial charge in [0.25, 0.3) is 0 Å². The summed E-state index contributed by atoms with van der Waals surface area (Å²) in [5.74, 6) is 0.244. The Bertz CT molecular complexity index is 926. The third kappa shape index (κ3) is 1.64. The lowest BCUT2D eigenvalue weighted by atomic mass is 9.91. The number of benzene rings is 2. The molecular weight excluding hydrogens is 296 g/mol. The van der Waals surface area contributed by atoms with Crippen LogP contribution in [-0.4, -0.2) is 17.0 Å². The van der Waals surface area contributed by atoms with Crippen LogP contribution in [0.4, 0.5) is 0 Å². The van der Waals surface area contributed by atoms with Crippen molar-refractivity contribution >= 4 is 27.7 Å². The molecule has 0 spiro atoms. The highest BCUT2D eigenvalue weighted by Crippen LogP contribution is 2.38. The standard InChI is InChI=1S/C18H16N2O.ClH/c21-16-6-5-12-9-11-7-8-19-10-14(11)17-13-3-1-2-4-15(13)20(16)18(12)17;/h1-4,9,19H,5-8,10H2;1H. The largest absolute Gasteiger partial charge is 1.00 e. The van der Waals surface area contributed by atoms with Crippen molar-refractivity contribution in [2.75, 3.05) is 6.54 Å². The minimum absolute atomic E-state index is 0. The Balaban J connectivity index is 0.00000125. The van der Waals surface area contributed by atoms with E-state index in [0.29, 0.717) is 6.42 Å². The zero-order chi connectivity index (χ0) is 14.0. The summed E-state index contributed by atoms with van der Waals surface area (Å²) < 4.78 is 1.97. The highest BCUT2D eigenvalue weighted by atomic mass is 35.5. The van der Waals surface area contributed by atoms with Gasteiger partial charge in [0.1, 0.15) is 6.54 Å². The Kier molecular flexibility index (Phi) is 3.03. The van der Waals surface area contributed by atoms with Crippen molar-refractivity contribution < 1.29 is 22.5 Å². The van der Waals surface area contributed by atoms with Crippen molar-refractivity contribution in [3.05, 3.63) is 47.0 Å². The number of quaternary nitrogens is 1. The molecule has 0 unspecified atom stereocenters. The lowest BCUT2D eigenvalue weighted by molar-refractivity contribution is -0.673. The second-order valence-corrected chi connectivity index (χ2v) is 6.17. The molecule has 3 heterocycles. The number of carbonyl (C=O) groups is 1. The summed E-state index contributed by atoms with van der Waals surface area (Å²) in [7, 11) is 0. The lowest BCUT2D eigenvalue weighted by Crippen LogP contribution is -3.00. The van der Waals surface area contributed by atoms with E-state index in [1.165, 1.54) is 39.5 Å². The Morgan fingerprint density at radius 1 is 1.05 bits per heavy atom. The fraction of sp³-hybridized carbons (Fsp3) is 0.278. The normalized spacial score (nSPS) is 16.6. The maximum Gasteiger partial charge on any atom is 0.231 e. The third-order valence-electron chi connectivity index (χ3n) is 5.04. The first-order valence-electron chi connectivity index (χ1n) is 7.76. The molecule has 0 saturated carbocycles. The molecule has 0 amide bonds. The molecule has 3 aromatic rings. The molecule has 2 aromatic carbocycles. The smallest absolute Gasteiger partial charge is 0.231 e. The highest BCUT2D eigenvalue weighted by molar-refractivity contribution is 6.16. The van der Waals surface area contributed by atoms with Gasteiger partial charge in [-0.3, -0.25) is 9.36 Å². The topological polar surface area (TPSA) is 38.6 Å². The summed E-state index contributed by atoms with van der Waals surface area (Å²) >= 11 is 0. The first-order chi connectivity index (χ1) is 10.3. The van der Waals surface area contributed by atoms with Gasteiger partial charge < -0.3 is 17.7 Å². The second kappa shape index (κ2) is 4.83. The highest BCUT2D eigenvalue weighted by Gasteiger charge is 2.27. The van der Waals surface area contributed by atoms with Gasteiger partial charge in [0.15, 0.2) is 0 Å². The van der Waals surface area contributed by atoms with Crippen LogP contribution in [0.3, 0.4) is 0 Å². The van der Waals surface area contributed by atoms with E-state index in [1.54, 1.807) is 0 Å². The number of para-hydroxylation sites is 1. The third-order valence-corrected chi connectivity index (χ3v) is 5.04. The molecule has 1 aromatic heterocycles. The fourth-order valence-corrected chi connectivity index (χ4v) is 4.14. The van der Waals surface area contributed by atoms with Gasteiger partial charge >= 0.3 is 0 Å². The van der Waals surface area contributed by atoms with Gasteiger partial charge in [-0.25, -0.2) is 0 Å². The Labute approximate surface area is 134 Å². The van der Waals surface area contributed by atoms with Crippen LogP contribution < -0.4 is 17.7 Å².